The quantitative estimate of drug-likeness (QED) is 0.891. The minimum atomic E-state index is 0.498. The lowest BCUT2D eigenvalue weighted by Gasteiger charge is -2.08. The van der Waals surface area contributed by atoms with E-state index < -0.39 is 0 Å². The van der Waals surface area contributed by atoms with Gasteiger partial charge in [-0.05, 0) is 25.1 Å². The number of rotatable bonds is 4. The molecule has 0 bridgehead atoms. The van der Waals surface area contributed by atoms with Crippen LogP contribution in [-0.4, -0.2) is 16.5 Å². The molecule has 0 amide bonds. The van der Waals surface area contributed by atoms with E-state index in [0.29, 0.717) is 15.9 Å². The lowest BCUT2D eigenvalue weighted by atomic mass is 10.3. The molecular formula is C12H12Cl2N4. The number of nitrogens with zero attached hydrogens (tertiary/aromatic N) is 2. The Balaban J connectivity index is 2.17. The average molecular weight is 283 g/mol. The lowest BCUT2D eigenvalue weighted by molar-refractivity contribution is 1.12. The Morgan fingerprint density at radius 3 is 2.61 bits per heavy atom. The van der Waals surface area contributed by atoms with Gasteiger partial charge in [-0.3, -0.25) is 4.98 Å². The first-order chi connectivity index (χ1) is 8.69. The van der Waals surface area contributed by atoms with Crippen molar-refractivity contribution >= 4 is 40.5 Å². The van der Waals surface area contributed by atoms with Gasteiger partial charge in [0.15, 0.2) is 5.82 Å². The Kier molecular flexibility index (Phi) is 4.23. The van der Waals surface area contributed by atoms with Crippen LogP contribution >= 0.6 is 23.2 Å². The molecule has 0 unspecified atom stereocenters. The van der Waals surface area contributed by atoms with Gasteiger partial charge in [-0.2, -0.15) is 0 Å². The van der Waals surface area contributed by atoms with Crippen molar-refractivity contribution in [2.75, 3.05) is 17.2 Å². The van der Waals surface area contributed by atoms with Crippen LogP contribution in [0, 0.1) is 0 Å². The van der Waals surface area contributed by atoms with E-state index >= 15 is 0 Å². The van der Waals surface area contributed by atoms with E-state index in [-0.39, 0.29) is 0 Å². The Bertz CT molecular complexity index is 545. The van der Waals surface area contributed by atoms with Crippen molar-refractivity contribution in [3.05, 3.63) is 40.6 Å². The van der Waals surface area contributed by atoms with Crippen LogP contribution in [0.3, 0.4) is 0 Å². The third kappa shape index (κ3) is 3.24. The molecule has 1 aromatic heterocycles. The standard InChI is InChI=1S/C12H12Cl2N4/c1-2-16-11-6-15-7-12(18-11)17-8-3-4-9(13)10(14)5-8/h3-7H,2H2,1H3,(H2,16,17,18). The van der Waals surface area contributed by atoms with Crippen LogP contribution in [0.15, 0.2) is 30.6 Å². The highest BCUT2D eigenvalue weighted by Crippen LogP contribution is 2.26. The molecule has 2 N–H and O–H groups in total. The molecule has 94 valence electrons. The predicted octanol–water partition coefficient (Wildman–Crippen LogP) is 3.96. The fourth-order valence-corrected chi connectivity index (χ4v) is 1.71. The summed E-state index contributed by atoms with van der Waals surface area (Å²) in [5.74, 6) is 1.37. The molecule has 6 heteroatoms. The number of hydrogen-bond acceptors (Lipinski definition) is 4. The van der Waals surface area contributed by atoms with Gasteiger partial charge in [-0.25, -0.2) is 4.98 Å². The van der Waals surface area contributed by atoms with Crippen LogP contribution in [0.2, 0.25) is 10.0 Å². The summed E-state index contributed by atoms with van der Waals surface area (Å²) < 4.78 is 0. The van der Waals surface area contributed by atoms with Crippen molar-refractivity contribution in [3.63, 3.8) is 0 Å². The third-order valence-corrected chi connectivity index (χ3v) is 2.92. The minimum Gasteiger partial charge on any atom is -0.369 e. The van der Waals surface area contributed by atoms with Crippen molar-refractivity contribution in [3.8, 4) is 0 Å². The zero-order valence-electron chi connectivity index (χ0n) is 9.74. The highest BCUT2D eigenvalue weighted by molar-refractivity contribution is 6.42. The van der Waals surface area contributed by atoms with Gasteiger partial charge in [0, 0.05) is 12.2 Å². The third-order valence-electron chi connectivity index (χ3n) is 2.18. The van der Waals surface area contributed by atoms with Gasteiger partial charge in [-0.15, -0.1) is 0 Å². The first-order valence-corrected chi connectivity index (χ1v) is 6.22. The van der Waals surface area contributed by atoms with Crippen molar-refractivity contribution in [2.24, 2.45) is 0 Å². The Morgan fingerprint density at radius 2 is 1.89 bits per heavy atom. The van der Waals surface area contributed by atoms with Crippen LogP contribution in [0.25, 0.3) is 0 Å². The topological polar surface area (TPSA) is 49.8 Å². The Hall–Kier alpha value is -1.52. The fourth-order valence-electron chi connectivity index (χ4n) is 1.41. The van der Waals surface area contributed by atoms with Crippen LogP contribution < -0.4 is 10.6 Å². The smallest absolute Gasteiger partial charge is 0.151 e. The summed E-state index contributed by atoms with van der Waals surface area (Å²) in [7, 11) is 0. The largest absolute Gasteiger partial charge is 0.369 e. The van der Waals surface area contributed by atoms with Gasteiger partial charge in [0.2, 0.25) is 0 Å². The first kappa shape index (κ1) is 12.9. The molecule has 18 heavy (non-hydrogen) atoms. The van der Waals surface area contributed by atoms with Crippen molar-refractivity contribution < 1.29 is 0 Å². The number of halogens is 2. The number of benzene rings is 1. The number of aromatic nitrogens is 2. The van der Waals surface area contributed by atoms with Gasteiger partial charge in [0.25, 0.3) is 0 Å². The molecule has 1 heterocycles. The van der Waals surface area contributed by atoms with E-state index in [0.717, 1.165) is 18.1 Å². The lowest BCUT2D eigenvalue weighted by Crippen LogP contribution is -2.02. The molecule has 0 saturated carbocycles. The molecule has 0 radical (unpaired) electrons. The molecule has 0 aliphatic rings. The molecule has 0 aliphatic heterocycles. The molecule has 0 atom stereocenters. The molecule has 1 aromatic carbocycles. The Labute approximate surface area is 115 Å². The highest BCUT2D eigenvalue weighted by Gasteiger charge is 2.02. The normalized spacial score (nSPS) is 10.2. The van der Waals surface area contributed by atoms with E-state index in [1.807, 2.05) is 13.0 Å². The maximum atomic E-state index is 5.94. The highest BCUT2D eigenvalue weighted by atomic mass is 35.5. The number of hydrogen-bond donors (Lipinski definition) is 2. The van der Waals surface area contributed by atoms with Crippen molar-refractivity contribution in [1.82, 2.24) is 9.97 Å². The summed E-state index contributed by atoms with van der Waals surface area (Å²) in [5.41, 5.74) is 0.812. The molecule has 0 saturated heterocycles. The van der Waals surface area contributed by atoms with E-state index in [1.54, 1.807) is 24.5 Å². The van der Waals surface area contributed by atoms with E-state index in [2.05, 4.69) is 20.6 Å². The zero-order chi connectivity index (χ0) is 13.0. The van der Waals surface area contributed by atoms with Gasteiger partial charge < -0.3 is 10.6 Å². The van der Waals surface area contributed by atoms with Crippen LogP contribution in [0.1, 0.15) is 6.92 Å². The molecule has 0 spiro atoms. The molecule has 2 aromatic rings. The summed E-state index contributed by atoms with van der Waals surface area (Å²) in [6.45, 7) is 2.80. The molecule has 2 rings (SSSR count). The summed E-state index contributed by atoms with van der Waals surface area (Å²) >= 11 is 11.8. The van der Waals surface area contributed by atoms with Crippen molar-refractivity contribution in [1.29, 1.82) is 0 Å². The second kappa shape index (κ2) is 5.89. The van der Waals surface area contributed by atoms with Crippen LogP contribution in [-0.2, 0) is 0 Å². The van der Waals surface area contributed by atoms with Gasteiger partial charge >= 0.3 is 0 Å². The first-order valence-electron chi connectivity index (χ1n) is 5.47. The Morgan fingerprint density at radius 1 is 1.11 bits per heavy atom. The van der Waals surface area contributed by atoms with E-state index in [4.69, 9.17) is 23.2 Å². The molecule has 0 fully saturated rings. The molecule has 4 nitrogen and oxygen atoms in total. The summed E-state index contributed by atoms with van der Waals surface area (Å²) in [5, 5.41) is 7.23. The van der Waals surface area contributed by atoms with Crippen molar-refractivity contribution in [2.45, 2.75) is 6.92 Å². The van der Waals surface area contributed by atoms with Crippen LogP contribution in [0.4, 0.5) is 17.3 Å². The van der Waals surface area contributed by atoms with Crippen LogP contribution in [0.5, 0.6) is 0 Å². The maximum absolute atomic E-state index is 5.94. The van der Waals surface area contributed by atoms with E-state index in [1.165, 1.54) is 0 Å². The second-order valence-corrected chi connectivity index (χ2v) is 4.39. The van der Waals surface area contributed by atoms with Gasteiger partial charge in [-0.1, -0.05) is 23.2 Å². The van der Waals surface area contributed by atoms with E-state index in [9.17, 15) is 0 Å². The minimum absolute atomic E-state index is 0.498. The fraction of sp³-hybridized carbons (Fsp3) is 0.167. The monoisotopic (exact) mass is 282 g/mol. The SMILES string of the molecule is CCNc1cncc(Nc2ccc(Cl)c(Cl)c2)n1. The molecule has 0 aliphatic carbocycles. The summed E-state index contributed by atoms with van der Waals surface area (Å²) in [4.78, 5) is 8.44. The summed E-state index contributed by atoms with van der Waals surface area (Å²) in [6.07, 6.45) is 3.31. The maximum Gasteiger partial charge on any atom is 0.151 e. The van der Waals surface area contributed by atoms with Gasteiger partial charge in [0.05, 0.1) is 22.4 Å². The van der Waals surface area contributed by atoms with Gasteiger partial charge in [0.1, 0.15) is 5.82 Å². The number of nitrogens with one attached hydrogen (secondary N) is 2. The predicted molar refractivity (Wildman–Crippen MR) is 75.9 cm³/mol. The molecular weight excluding hydrogens is 271 g/mol. The zero-order valence-corrected chi connectivity index (χ0v) is 11.3. The average Bonchev–Trinajstić information content (AvgIpc) is 2.35. The summed E-state index contributed by atoms with van der Waals surface area (Å²) in [6, 6.07) is 5.30. The number of anilines is 3. The second-order valence-electron chi connectivity index (χ2n) is 3.57.